The Balaban J connectivity index is 1.69. The molecule has 37 heavy (non-hydrogen) atoms. The summed E-state index contributed by atoms with van der Waals surface area (Å²) in [5.41, 5.74) is 5.70. The summed E-state index contributed by atoms with van der Waals surface area (Å²) in [5.74, 6) is 0.0119. The highest BCUT2D eigenvalue weighted by molar-refractivity contribution is 7.92. The highest BCUT2D eigenvalue weighted by atomic mass is 32.2. The van der Waals surface area contributed by atoms with Crippen molar-refractivity contribution in [3.05, 3.63) is 88.5 Å². The van der Waals surface area contributed by atoms with Crippen molar-refractivity contribution in [2.24, 2.45) is 0 Å². The average Bonchev–Trinajstić information content (AvgIpc) is 2.85. The molecule has 2 atom stereocenters. The third-order valence-electron chi connectivity index (χ3n) is 7.03. The monoisotopic (exact) mass is 520 g/mol. The zero-order valence-corrected chi connectivity index (χ0v) is 23.4. The van der Waals surface area contributed by atoms with Crippen molar-refractivity contribution >= 4 is 21.6 Å². The molecule has 7 heteroatoms. The van der Waals surface area contributed by atoms with Gasteiger partial charge in [0.15, 0.2) is 6.10 Å². The fourth-order valence-corrected chi connectivity index (χ4v) is 6.12. The SMILES string of the molecule is Cc1cc(C)c([C@@H](C)NC(=O)[C@H]2CN(S(=O)(=O)c3ccccc3)c3cc(C(C)(C)C)ccc3O2)cc1C. The lowest BCUT2D eigenvalue weighted by molar-refractivity contribution is -0.128. The second-order valence-corrected chi connectivity index (χ2v) is 12.8. The molecule has 4 rings (SSSR count). The standard InChI is InChI=1S/C30H36N2O4S/c1-19-15-21(3)25(16-20(19)2)22(4)31-29(33)28-18-32(37(34,35)24-11-9-8-10-12-24)26-17-23(30(5,6)7)13-14-27(26)36-28/h8-17,22,28H,18H2,1-7H3,(H,31,33)/t22-,28-/m1/s1. The van der Waals surface area contributed by atoms with Crippen molar-refractivity contribution in [2.45, 2.75) is 70.9 Å². The van der Waals surface area contributed by atoms with Crippen LogP contribution in [0.4, 0.5) is 5.69 Å². The lowest BCUT2D eigenvalue weighted by Crippen LogP contribution is -2.51. The van der Waals surface area contributed by atoms with Gasteiger partial charge in [-0.05, 0) is 85.2 Å². The number of benzene rings is 3. The van der Waals surface area contributed by atoms with Gasteiger partial charge in [0.1, 0.15) is 5.75 Å². The first kappa shape index (κ1) is 26.7. The third-order valence-corrected chi connectivity index (χ3v) is 8.82. The minimum atomic E-state index is -3.93. The van der Waals surface area contributed by atoms with E-state index in [4.69, 9.17) is 4.74 Å². The van der Waals surface area contributed by atoms with Gasteiger partial charge in [0.2, 0.25) is 0 Å². The topological polar surface area (TPSA) is 75.7 Å². The number of amides is 1. The van der Waals surface area contributed by atoms with Crippen LogP contribution in [-0.4, -0.2) is 27.0 Å². The molecule has 0 saturated carbocycles. The minimum Gasteiger partial charge on any atom is -0.476 e. The van der Waals surface area contributed by atoms with Crippen molar-refractivity contribution in [3.8, 4) is 5.75 Å². The van der Waals surface area contributed by atoms with Crippen LogP contribution < -0.4 is 14.4 Å². The van der Waals surface area contributed by atoms with Crippen LogP contribution in [0.2, 0.25) is 0 Å². The molecule has 3 aromatic rings. The Morgan fingerprint density at radius 1 is 0.973 bits per heavy atom. The van der Waals surface area contributed by atoms with E-state index >= 15 is 0 Å². The van der Waals surface area contributed by atoms with Crippen LogP contribution in [0.25, 0.3) is 0 Å². The Kier molecular flexibility index (Phi) is 7.12. The molecule has 196 valence electrons. The summed E-state index contributed by atoms with van der Waals surface area (Å²) in [7, 11) is -3.93. The maximum atomic E-state index is 13.8. The van der Waals surface area contributed by atoms with Gasteiger partial charge < -0.3 is 10.1 Å². The molecule has 1 amide bonds. The van der Waals surface area contributed by atoms with Crippen molar-refractivity contribution < 1.29 is 17.9 Å². The van der Waals surface area contributed by atoms with E-state index in [1.165, 1.54) is 9.87 Å². The molecule has 0 aliphatic carbocycles. The van der Waals surface area contributed by atoms with E-state index in [1.54, 1.807) is 36.4 Å². The third kappa shape index (κ3) is 5.37. The second-order valence-electron chi connectivity index (χ2n) is 10.9. The number of sulfonamides is 1. The van der Waals surface area contributed by atoms with Gasteiger partial charge in [-0.25, -0.2) is 8.42 Å². The molecule has 0 spiro atoms. The number of rotatable bonds is 5. The number of nitrogens with one attached hydrogen (secondary N) is 1. The summed E-state index contributed by atoms with van der Waals surface area (Å²) < 4.78 is 35.0. The maximum absolute atomic E-state index is 13.8. The average molecular weight is 521 g/mol. The van der Waals surface area contributed by atoms with Crippen LogP contribution in [0.5, 0.6) is 5.75 Å². The fraction of sp³-hybridized carbons (Fsp3) is 0.367. The Labute approximate surface area is 220 Å². The van der Waals surface area contributed by atoms with Gasteiger partial charge >= 0.3 is 0 Å². The molecule has 0 saturated heterocycles. The van der Waals surface area contributed by atoms with Gasteiger partial charge in [0, 0.05) is 0 Å². The van der Waals surface area contributed by atoms with E-state index in [0.717, 1.165) is 22.3 Å². The molecule has 3 aromatic carbocycles. The molecule has 1 N–H and O–H groups in total. The predicted molar refractivity (Wildman–Crippen MR) is 148 cm³/mol. The van der Waals surface area contributed by atoms with E-state index in [1.807, 2.05) is 32.9 Å². The number of fused-ring (bicyclic) bond motifs is 1. The van der Waals surface area contributed by atoms with Crippen molar-refractivity contribution in [2.75, 3.05) is 10.8 Å². The number of anilines is 1. The maximum Gasteiger partial charge on any atom is 0.264 e. The van der Waals surface area contributed by atoms with Crippen molar-refractivity contribution in [1.29, 1.82) is 0 Å². The lowest BCUT2D eigenvalue weighted by Gasteiger charge is -2.36. The number of aryl methyl sites for hydroxylation is 3. The van der Waals surface area contributed by atoms with E-state index in [9.17, 15) is 13.2 Å². The molecule has 1 aliphatic heterocycles. The molecule has 6 nitrogen and oxygen atoms in total. The Bertz CT molecular complexity index is 1430. The van der Waals surface area contributed by atoms with Crippen LogP contribution in [-0.2, 0) is 20.2 Å². The number of carbonyl (C=O) groups is 1. The smallest absolute Gasteiger partial charge is 0.264 e. The Morgan fingerprint density at radius 3 is 2.27 bits per heavy atom. The molecule has 0 radical (unpaired) electrons. The van der Waals surface area contributed by atoms with Crippen molar-refractivity contribution in [1.82, 2.24) is 5.32 Å². The second kappa shape index (κ2) is 9.86. The zero-order valence-electron chi connectivity index (χ0n) is 22.6. The molecule has 0 bridgehead atoms. The number of ether oxygens (including phenoxy) is 1. The molecule has 0 aromatic heterocycles. The van der Waals surface area contributed by atoms with E-state index < -0.39 is 16.1 Å². The van der Waals surface area contributed by atoms with Gasteiger partial charge in [0.05, 0.1) is 23.2 Å². The van der Waals surface area contributed by atoms with Gasteiger partial charge in [-0.3, -0.25) is 9.10 Å². The van der Waals surface area contributed by atoms with Gasteiger partial charge in [-0.2, -0.15) is 0 Å². The highest BCUT2D eigenvalue weighted by Crippen LogP contribution is 2.40. The Hall–Kier alpha value is -3.32. The summed E-state index contributed by atoms with van der Waals surface area (Å²) in [4.78, 5) is 13.6. The first-order chi connectivity index (χ1) is 17.3. The summed E-state index contributed by atoms with van der Waals surface area (Å²) >= 11 is 0. The quantitative estimate of drug-likeness (QED) is 0.465. The number of carbonyl (C=O) groups excluding carboxylic acids is 1. The Morgan fingerprint density at radius 2 is 1.62 bits per heavy atom. The summed E-state index contributed by atoms with van der Waals surface area (Å²) in [6, 6.07) is 17.8. The molecular weight excluding hydrogens is 484 g/mol. The highest BCUT2D eigenvalue weighted by Gasteiger charge is 2.38. The predicted octanol–water partition coefficient (Wildman–Crippen LogP) is 5.74. The van der Waals surface area contributed by atoms with Crippen LogP contribution in [0, 0.1) is 20.8 Å². The largest absolute Gasteiger partial charge is 0.476 e. The first-order valence-electron chi connectivity index (χ1n) is 12.6. The van der Waals surface area contributed by atoms with E-state index in [0.29, 0.717) is 11.4 Å². The van der Waals surface area contributed by atoms with Crippen LogP contribution in [0.3, 0.4) is 0 Å². The minimum absolute atomic E-state index is 0.123. The van der Waals surface area contributed by atoms with Crippen molar-refractivity contribution in [3.63, 3.8) is 0 Å². The molecule has 1 aliphatic rings. The van der Waals surface area contributed by atoms with Crippen LogP contribution in [0.15, 0.2) is 65.6 Å². The lowest BCUT2D eigenvalue weighted by atomic mass is 9.86. The van der Waals surface area contributed by atoms with Gasteiger partial charge in [-0.1, -0.05) is 57.2 Å². The van der Waals surface area contributed by atoms with E-state index in [-0.39, 0.29) is 28.8 Å². The van der Waals surface area contributed by atoms with Crippen LogP contribution >= 0.6 is 0 Å². The number of nitrogens with zero attached hydrogens (tertiary/aromatic N) is 1. The molecule has 0 unspecified atom stereocenters. The van der Waals surface area contributed by atoms with Gasteiger partial charge in [0.25, 0.3) is 15.9 Å². The van der Waals surface area contributed by atoms with Crippen LogP contribution in [0.1, 0.15) is 61.6 Å². The molecule has 1 heterocycles. The molecule has 0 fully saturated rings. The molecular formula is C30H36N2O4S. The normalized spacial score (nSPS) is 16.5. The summed E-state index contributed by atoms with van der Waals surface area (Å²) in [5, 5.41) is 3.05. The first-order valence-corrected chi connectivity index (χ1v) is 14.0. The zero-order chi connectivity index (χ0) is 27.1. The number of hydrogen-bond acceptors (Lipinski definition) is 4. The van der Waals surface area contributed by atoms with Gasteiger partial charge in [-0.15, -0.1) is 0 Å². The fourth-order valence-electron chi connectivity index (χ4n) is 4.64. The summed E-state index contributed by atoms with van der Waals surface area (Å²) in [6.45, 7) is 14.2. The number of hydrogen-bond donors (Lipinski definition) is 1. The summed E-state index contributed by atoms with van der Waals surface area (Å²) in [6.07, 6.45) is -0.999. The van der Waals surface area contributed by atoms with E-state index in [2.05, 4.69) is 45.1 Å².